The van der Waals surface area contributed by atoms with E-state index in [2.05, 4.69) is 10.1 Å². The van der Waals surface area contributed by atoms with Crippen molar-refractivity contribution in [2.24, 2.45) is 12.2 Å². The molecule has 0 aliphatic carbocycles. The van der Waals surface area contributed by atoms with Crippen LogP contribution in [0.25, 0.3) is 0 Å². The summed E-state index contributed by atoms with van der Waals surface area (Å²) >= 11 is 0. The van der Waals surface area contributed by atoms with Crippen LogP contribution in [0.1, 0.15) is 5.82 Å². The maximum Gasteiger partial charge on any atom is 0.344 e. The standard InChI is InChI=1S/C6H7N3O/c1-9-4-2-3-7-6(9)5-8-10/h2-5H,1H3/p+1. The van der Waals surface area contributed by atoms with Crippen LogP contribution in [0.15, 0.2) is 23.6 Å². The highest BCUT2D eigenvalue weighted by Crippen LogP contribution is 1.77. The van der Waals surface area contributed by atoms with Gasteiger partial charge in [0, 0.05) is 6.07 Å². The fourth-order valence-electron chi connectivity index (χ4n) is 0.630. The second kappa shape index (κ2) is 2.91. The van der Waals surface area contributed by atoms with Gasteiger partial charge < -0.3 is 5.21 Å². The topological polar surface area (TPSA) is 49.4 Å². The molecule has 1 aromatic heterocycles. The maximum absolute atomic E-state index is 8.16. The van der Waals surface area contributed by atoms with Gasteiger partial charge in [-0.15, -0.1) is 0 Å². The van der Waals surface area contributed by atoms with Crippen LogP contribution in [0.2, 0.25) is 0 Å². The Labute approximate surface area is 58.5 Å². The van der Waals surface area contributed by atoms with Crippen LogP contribution in [0.3, 0.4) is 0 Å². The van der Waals surface area contributed by atoms with Crippen LogP contribution in [0.5, 0.6) is 0 Å². The molecular weight excluding hydrogens is 130 g/mol. The zero-order valence-electron chi connectivity index (χ0n) is 5.60. The number of hydrogen-bond acceptors (Lipinski definition) is 3. The lowest BCUT2D eigenvalue weighted by atomic mass is 10.5. The normalized spacial score (nSPS) is 10.5. The monoisotopic (exact) mass is 138 g/mol. The Hall–Kier alpha value is -1.45. The molecule has 0 saturated carbocycles. The van der Waals surface area contributed by atoms with Gasteiger partial charge in [-0.2, -0.15) is 0 Å². The third-order valence-corrected chi connectivity index (χ3v) is 1.14. The Balaban J connectivity index is 3.03. The van der Waals surface area contributed by atoms with Gasteiger partial charge in [0.15, 0.2) is 6.21 Å². The van der Waals surface area contributed by atoms with Crippen LogP contribution < -0.4 is 4.57 Å². The molecule has 4 nitrogen and oxygen atoms in total. The molecule has 4 heteroatoms. The predicted molar refractivity (Wildman–Crippen MR) is 34.8 cm³/mol. The van der Waals surface area contributed by atoms with Crippen LogP contribution in [0, 0.1) is 0 Å². The molecule has 0 aliphatic heterocycles. The minimum atomic E-state index is 0.616. The molecule has 0 saturated heterocycles. The van der Waals surface area contributed by atoms with Crippen LogP contribution >= 0.6 is 0 Å². The second-order valence-corrected chi connectivity index (χ2v) is 1.83. The van der Waals surface area contributed by atoms with Crippen molar-refractivity contribution >= 4 is 6.21 Å². The van der Waals surface area contributed by atoms with Crippen molar-refractivity contribution in [1.82, 2.24) is 4.98 Å². The van der Waals surface area contributed by atoms with Gasteiger partial charge in [0.1, 0.15) is 6.20 Å². The molecule has 0 amide bonds. The zero-order valence-corrected chi connectivity index (χ0v) is 5.60. The molecular formula is C6H8N3O+. The highest BCUT2D eigenvalue weighted by atomic mass is 16.4. The number of nitrogens with zero attached hydrogens (tertiary/aromatic N) is 3. The number of aryl methyl sites for hydroxylation is 1. The average Bonchev–Trinajstić information content (AvgIpc) is 1.94. The van der Waals surface area contributed by atoms with E-state index in [0.717, 1.165) is 0 Å². The van der Waals surface area contributed by atoms with Crippen molar-refractivity contribution in [3.05, 3.63) is 24.3 Å². The minimum absolute atomic E-state index is 0.616. The van der Waals surface area contributed by atoms with Crippen LogP contribution in [0.4, 0.5) is 0 Å². The van der Waals surface area contributed by atoms with Crippen LogP contribution in [-0.2, 0) is 7.05 Å². The highest BCUT2D eigenvalue weighted by Gasteiger charge is 2.01. The van der Waals surface area contributed by atoms with Gasteiger partial charge in [0.05, 0.1) is 13.2 Å². The largest absolute Gasteiger partial charge is 0.411 e. The summed E-state index contributed by atoms with van der Waals surface area (Å²) in [7, 11) is 1.82. The third-order valence-electron chi connectivity index (χ3n) is 1.14. The van der Waals surface area contributed by atoms with Gasteiger partial charge in [0.25, 0.3) is 0 Å². The Kier molecular flexibility index (Phi) is 1.94. The first-order valence-electron chi connectivity index (χ1n) is 2.82. The molecule has 52 valence electrons. The Morgan fingerprint density at radius 2 is 2.60 bits per heavy atom. The molecule has 0 atom stereocenters. The quantitative estimate of drug-likeness (QED) is 0.251. The van der Waals surface area contributed by atoms with E-state index in [0.29, 0.717) is 5.82 Å². The van der Waals surface area contributed by atoms with E-state index >= 15 is 0 Å². The first-order valence-corrected chi connectivity index (χ1v) is 2.82. The average molecular weight is 138 g/mol. The number of oxime groups is 1. The molecule has 0 fully saturated rings. The smallest absolute Gasteiger partial charge is 0.344 e. The summed E-state index contributed by atoms with van der Waals surface area (Å²) in [5.41, 5.74) is 0. The van der Waals surface area contributed by atoms with Crippen molar-refractivity contribution in [3.8, 4) is 0 Å². The van der Waals surface area contributed by atoms with Crippen molar-refractivity contribution in [1.29, 1.82) is 0 Å². The first kappa shape index (κ1) is 6.67. The number of rotatable bonds is 1. The van der Waals surface area contributed by atoms with E-state index in [1.165, 1.54) is 6.21 Å². The fourth-order valence-corrected chi connectivity index (χ4v) is 0.630. The van der Waals surface area contributed by atoms with E-state index in [9.17, 15) is 0 Å². The van der Waals surface area contributed by atoms with Gasteiger partial charge in [-0.05, 0) is 4.98 Å². The molecule has 0 spiro atoms. The summed E-state index contributed by atoms with van der Waals surface area (Å²) in [6.45, 7) is 0. The summed E-state index contributed by atoms with van der Waals surface area (Å²) in [4.78, 5) is 3.92. The number of aromatic nitrogens is 2. The minimum Gasteiger partial charge on any atom is -0.411 e. The summed E-state index contributed by atoms with van der Waals surface area (Å²) < 4.78 is 1.75. The molecule has 0 aliphatic rings. The van der Waals surface area contributed by atoms with E-state index < -0.39 is 0 Å². The summed E-state index contributed by atoms with van der Waals surface area (Å²) in [6.07, 6.45) is 4.74. The van der Waals surface area contributed by atoms with E-state index in [1.807, 2.05) is 13.2 Å². The van der Waals surface area contributed by atoms with Crippen molar-refractivity contribution in [2.45, 2.75) is 0 Å². The zero-order chi connectivity index (χ0) is 7.40. The third kappa shape index (κ3) is 1.28. The van der Waals surface area contributed by atoms with E-state index in [-0.39, 0.29) is 0 Å². The molecule has 0 bridgehead atoms. The van der Waals surface area contributed by atoms with Crippen LogP contribution in [-0.4, -0.2) is 16.4 Å². The summed E-state index contributed by atoms with van der Waals surface area (Å²) in [5.74, 6) is 0.616. The van der Waals surface area contributed by atoms with Gasteiger partial charge in [-0.25, -0.2) is 4.57 Å². The van der Waals surface area contributed by atoms with Gasteiger partial charge in [-0.1, -0.05) is 5.16 Å². The molecule has 0 unspecified atom stereocenters. The lowest BCUT2D eigenvalue weighted by Crippen LogP contribution is -2.33. The van der Waals surface area contributed by atoms with Crippen molar-refractivity contribution in [3.63, 3.8) is 0 Å². The number of hydrogen-bond donors (Lipinski definition) is 1. The fraction of sp³-hybridized carbons (Fsp3) is 0.167. The SMILES string of the molecule is C[n+]1cccnc1/C=N/O. The van der Waals surface area contributed by atoms with E-state index in [1.54, 1.807) is 16.8 Å². The lowest BCUT2D eigenvalue weighted by molar-refractivity contribution is -0.675. The molecule has 1 rings (SSSR count). The Morgan fingerprint density at radius 3 is 3.20 bits per heavy atom. The molecule has 0 aromatic carbocycles. The Morgan fingerprint density at radius 1 is 1.80 bits per heavy atom. The first-order chi connectivity index (χ1) is 4.84. The molecule has 0 radical (unpaired) electrons. The predicted octanol–water partition coefficient (Wildman–Crippen LogP) is -0.286. The second-order valence-electron chi connectivity index (χ2n) is 1.83. The lowest BCUT2D eigenvalue weighted by Gasteiger charge is -1.87. The van der Waals surface area contributed by atoms with Crippen molar-refractivity contribution < 1.29 is 9.77 Å². The van der Waals surface area contributed by atoms with Gasteiger partial charge in [0.2, 0.25) is 0 Å². The van der Waals surface area contributed by atoms with Gasteiger partial charge in [-0.3, -0.25) is 0 Å². The molecule has 1 N–H and O–H groups in total. The summed E-state index contributed by atoms with van der Waals surface area (Å²) in [5, 5.41) is 11.0. The van der Waals surface area contributed by atoms with E-state index in [4.69, 9.17) is 5.21 Å². The molecule has 1 aromatic rings. The Bertz CT molecular complexity index is 247. The highest BCUT2D eigenvalue weighted by molar-refractivity contribution is 5.71. The maximum atomic E-state index is 8.16. The molecule has 1 heterocycles. The summed E-state index contributed by atoms with van der Waals surface area (Å²) in [6, 6.07) is 1.80. The van der Waals surface area contributed by atoms with Gasteiger partial charge >= 0.3 is 5.82 Å². The van der Waals surface area contributed by atoms with Crippen molar-refractivity contribution in [2.75, 3.05) is 0 Å². The molecule has 10 heavy (non-hydrogen) atoms.